The van der Waals surface area contributed by atoms with Crippen molar-refractivity contribution < 1.29 is 17.2 Å². The Kier molecular flexibility index (Phi) is 4.87. The average Bonchev–Trinajstić information content (AvgIpc) is 2.84. The molecule has 21 heavy (non-hydrogen) atoms. The Labute approximate surface area is 129 Å². The van der Waals surface area contributed by atoms with E-state index in [1.165, 1.54) is 4.31 Å². The Morgan fingerprint density at radius 3 is 2.48 bits per heavy atom. The Morgan fingerprint density at radius 1 is 1.14 bits per heavy atom. The molecule has 0 aromatic heterocycles. The SMILES string of the molecule is Cl.O=S(=O)(c1cc(F)cc(F)c1)N1CCC2NCCC2C1. The fourth-order valence-corrected chi connectivity index (χ4v) is 4.61. The maximum Gasteiger partial charge on any atom is 0.243 e. The van der Waals surface area contributed by atoms with E-state index in [0.717, 1.165) is 31.5 Å². The molecule has 0 spiro atoms. The van der Waals surface area contributed by atoms with Gasteiger partial charge in [-0.2, -0.15) is 4.31 Å². The molecule has 0 saturated carbocycles. The summed E-state index contributed by atoms with van der Waals surface area (Å²) in [4.78, 5) is -0.306. The number of nitrogens with one attached hydrogen (secondary N) is 1. The molecule has 2 aliphatic heterocycles. The molecule has 4 nitrogen and oxygen atoms in total. The van der Waals surface area contributed by atoms with Gasteiger partial charge in [0.1, 0.15) is 11.6 Å². The van der Waals surface area contributed by atoms with Crippen LogP contribution in [0.3, 0.4) is 0 Å². The molecule has 0 bridgehead atoms. The van der Waals surface area contributed by atoms with Gasteiger partial charge in [0, 0.05) is 25.2 Å². The first-order chi connectivity index (χ1) is 9.46. The summed E-state index contributed by atoms with van der Waals surface area (Å²) in [6.07, 6.45) is 1.68. The standard InChI is InChI=1S/C13H16F2N2O2S.ClH/c14-10-5-11(15)7-12(6-10)20(18,19)17-4-2-13-9(8-17)1-3-16-13;/h5-7,9,13,16H,1-4,8H2;1H. The fraction of sp³-hybridized carbons (Fsp3) is 0.538. The third kappa shape index (κ3) is 3.21. The predicted octanol–water partition coefficient (Wildman–Crippen LogP) is 1.76. The fourth-order valence-electron chi connectivity index (χ4n) is 3.06. The van der Waals surface area contributed by atoms with E-state index in [4.69, 9.17) is 0 Å². The van der Waals surface area contributed by atoms with Crippen LogP contribution in [0.25, 0.3) is 0 Å². The van der Waals surface area contributed by atoms with Crippen molar-refractivity contribution in [1.82, 2.24) is 9.62 Å². The highest BCUT2D eigenvalue weighted by Gasteiger charge is 2.37. The maximum absolute atomic E-state index is 13.2. The molecular weight excluding hydrogens is 322 g/mol. The minimum Gasteiger partial charge on any atom is -0.314 e. The highest BCUT2D eigenvalue weighted by molar-refractivity contribution is 7.89. The number of halogens is 3. The Bertz CT molecular complexity index is 606. The van der Waals surface area contributed by atoms with E-state index in [9.17, 15) is 17.2 Å². The summed E-state index contributed by atoms with van der Waals surface area (Å²) in [6.45, 7) is 1.70. The van der Waals surface area contributed by atoms with Gasteiger partial charge in [0.2, 0.25) is 10.0 Å². The lowest BCUT2D eigenvalue weighted by atomic mass is 9.95. The molecule has 2 saturated heterocycles. The van der Waals surface area contributed by atoms with Gasteiger partial charge >= 0.3 is 0 Å². The molecule has 0 amide bonds. The number of fused-ring (bicyclic) bond motifs is 1. The maximum atomic E-state index is 13.2. The first-order valence-electron chi connectivity index (χ1n) is 6.66. The van der Waals surface area contributed by atoms with Crippen molar-refractivity contribution in [2.45, 2.75) is 23.8 Å². The molecule has 118 valence electrons. The average molecular weight is 339 g/mol. The molecule has 3 rings (SSSR count). The molecule has 2 aliphatic rings. The monoisotopic (exact) mass is 338 g/mol. The minimum absolute atomic E-state index is 0. The Hall–Kier alpha value is -0.760. The topological polar surface area (TPSA) is 49.4 Å². The van der Waals surface area contributed by atoms with Crippen molar-refractivity contribution in [2.75, 3.05) is 19.6 Å². The second kappa shape index (κ2) is 6.16. The lowest BCUT2D eigenvalue weighted by Gasteiger charge is -2.33. The summed E-state index contributed by atoms with van der Waals surface area (Å²) in [5.41, 5.74) is 0. The van der Waals surface area contributed by atoms with E-state index in [0.29, 0.717) is 25.2 Å². The van der Waals surface area contributed by atoms with Gasteiger partial charge in [-0.25, -0.2) is 17.2 Å². The van der Waals surface area contributed by atoms with Gasteiger partial charge in [-0.05, 0) is 37.4 Å². The zero-order valence-electron chi connectivity index (χ0n) is 11.3. The number of piperidine rings is 1. The van der Waals surface area contributed by atoms with Crippen LogP contribution in [0.15, 0.2) is 23.1 Å². The van der Waals surface area contributed by atoms with E-state index >= 15 is 0 Å². The molecule has 2 unspecified atom stereocenters. The molecule has 8 heteroatoms. The summed E-state index contributed by atoms with van der Waals surface area (Å²) in [5, 5.41) is 3.35. The second-order valence-corrected chi connectivity index (χ2v) is 7.30. The predicted molar refractivity (Wildman–Crippen MR) is 76.9 cm³/mol. The molecule has 0 aliphatic carbocycles. The van der Waals surface area contributed by atoms with Crippen LogP contribution in [0.1, 0.15) is 12.8 Å². The van der Waals surface area contributed by atoms with Gasteiger partial charge in [-0.15, -0.1) is 12.4 Å². The molecule has 2 heterocycles. The number of hydrogen-bond donors (Lipinski definition) is 1. The number of nitrogens with zero attached hydrogens (tertiary/aromatic N) is 1. The normalized spacial score (nSPS) is 26.2. The first-order valence-corrected chi connectivity index (χ1v) is 8.10. The third-order valence-electron chi connectivity index (χ3n) is 4.09. The van der Waals surface area contributed by atoms with Crippen LogP contribution in [-0.2, 0) is 10.0 Å². The van der Waals surface area contributed by atoms with Crippen molar-refractivity contribution in [3.63, 3.8) is 0 Å². The number of benzene rings is 1. The van der Waals surface area contributed by atoms with Crippen molar-refractivity contribution in [3.05, 3.63) is 29.8 Å². The van der Waals surface area contributed by atoms with Crippen molar-refractivity contribution in [2.24, 2.45) is 5.92 Å². The van der Waals surface area contributed by atoms with Gasteiger partial charge in [0.05, 0.1) is 4.90 Å². The van der Waals surface area contributed by atoms with E-state index in [1.54, 1.807) is 0 Å². The van der Waals surface area contributed by atoms with Gasteiger partial charge < -0.3 is 5.32 Å². The summed E-state index contributed by atoms with van der Waals surface area (Å²) >= 11 is 0. The number of sulfonamides is 1. The number of hydrogen-bond acceptors (Lipinski definition) is 3. The lowest BCUT2D eigenvalue weighted by molar-refractivity contribution is 0.247. The van der Waals surface area contributed by atoms with E-state index in [2.05, 4.69) is 5.32 Å². The van der Waals surface area contributed by atoms with Crippen LogP contribution in [-0.4, -0.2) is 38.4 Å². The van der Waals surface area contributed by atoms with Crippen molar-refractivity contribution in [1.29, 1.82) is 0 Å². The van der Waals surface area contributed by atoms with Gasteiger partial charge in [0.15, 0.2) is 0 Å². The number of rotatable bonds is 2. The molecule has 2 fully saturated rings. The molecule has 2 atom stereocenters. The van der Waals surface area contributed by atoms with E-state index in [-0.39, 0.29) is 23.2 Å². The molecule has 1 aromatic rings. The van der Waals surface area contributed by atoms with Crippen molar-refractivity contribution >= 4 is 22.4 Å². The van der Waals surface area contributed by atoms with Crippen molar-refractivity contribution in [3.8, 4) is 0 Å². The zero-order valence-corrected chi connectivity index (χ0v) is 12.9. The zero-order chi connectivity index (χ0) is 14.3. The third-order valence-corrected chi connectivity index (χ3v) is 5.94. The summed E-state index contributed by atoms with van der Waals surface area (Å²) in [6, 6.07) is 2.78. The Morgan fingerprint density at radius 2 is 1.81 bits per heavy atom. The summed E-state index contributed by atoms with van der Waals surface area (Å²) in [7, 11) is -3.82. The Balaban J connectivity index is 0.00000161. The second-order valence-electron chi connectivity index (χ2n) is 5.37. The van der Waals surface area contributed by atoms with Crippen LogP contribution >= 0.6 is 12.4 Å². The smallest absolute Gasteiger partial charge is 0.243 e. The van der Waals surface area contributed by atoms with Crippen LogP contribution in [0.5, 0.6) is 0 Å². The summed E-state index contributed by atoms with van der Waals surface area (Å²) < 4.78 is 52.7. The largest absolute Gasteiger partial charge is 0.314 e. The lowest BCUT2D eigenvalue weighted by Crippen LogP contribution is -2.46. The highest BCUT2D eigenvalue weighted by Crippen LogP contribution is 2.29. The molecular formula is C13H17ClF2N2O2S. The van der Waals surface area contributed by atoms with Crippen LogP contribution in [0.4, 0.5) is 8.78 Å². The van der Waals surface area contributed by atoms with E-state index < -0.39 is 21.7 Å². The molecule has 1 N–H and O–H groups in total. The van der Waals surface area contributed by atoms with Crippen LogP contribution < -0.4 is 5.32 Å². The highest BCUT2D eigenvalue weighted by atomic mass is 35.5. The quantitative estimate of drug-likeness (QED) is 0.894. The van der Waals surface area contributed by atoms with Gasteiger partial charge in [0.25, 0.3) is 0 Å². The molecule has 1 aromatic carbocycles. The van der Waals surface area contributed by atoms with E-state index in [1.807, 2.05) is 0 Å². The minimum atomic E-state index is -3.82. The van der Waals surface area contributed by atoms with Crippen LogP contribution in [0.2, 0.25) is 0 Å². The van der Waals surface area contributed by atoms with Gasteiger partial charge in [-0.1, -0.05) is 0 Å². The summed E-state index contributed by atoms with van der Waals surface area (Å²) in [5.74, 6) is -1.46. The first kappa shape index (κ1) is 16.6. The molecule has 0 radical (unpaired) electrons. The van der Waals surface area contributed by atoms with Crippen LogP contribution in [0, 0.1) is 17.6 Å². The van der Waals surface area contributed by atoms with Gasteiger partial charge in [-0.3, -0.25) is 0 Å².